The van der Waals surface area contributed by atoms with Crippen LogP contribution in [-0.4, -0.2) is 17.5 Å². The molecule has 1 heterocycles. The van der Waals surface area contributed by atoms with Crippen LogP contribution in [-0.2, 0) is 11.2 Å². The molecule has 5 nitrogen and oxygen atoms in total. The molecule has 0 aliphatic carbocycles. The molecule has 0 saturated carbocycles. The highest BCUT2D eigenvalue weighted by Gasteiger charge is 2.05. The third-order valence-corrected chi connectivity index (χ3v) is 3.84. The lowest BCUT2D eigenvalue weighted by Crippen LogP contribution is -2.12. The van der Waals surface area contributed by atoms with Crippen molar-refractivity contribution in [1.82, 2.24) is 4.98 Å². The van der Waals surface area contributed by atoms with Crippen LogP contribution < -0.4 is 14.8 Å². The zero-order valence-electron chi connectivity index (χ0n) is 15.2. The molecule has 2 aromatic carbocycles. The SMILES string of the molecule is CCOc1ccc(Oc2ccc(NC(=O)CCc3ccccn3)cc2)cc1. The molecular formula is C22H22N2O3. The number of anilines is 1. The van der Waals surface area contributed by atoms with Crippen molar-refractivity contribution >= 4 is 11.6 Å². The molecule has 0 unspecified atom stereocenters. The van der Waals surface area contributed by atoms with Gasteiger partial charge >= 0.3 is 0 Å². The van der Waals surface area contributed by atoms with Crippen molar-refractivity contribution < 1.29 is 14.3 Å². The lowest BCUT2D eigenvalue weighted by atomic mass is 10.2. The molecule has 1 N–H and O–H groups in total. The molecule has 0 fully saturated rings. The fourth-order valence-electron chi connectivity index (χ4n) is 2.52. The highest BCUT2D eigenvalue weighted by Crippen LogP contribution is 2.25. The van der Waals surface area contributed by atoms with Gasteiger partial charge < -0.3 is 14.8 Å². The summed E-state index contributed by atoms with van der Waals surface area (Å²) in [6.07, 6.45) is 2.74. The Labute approximate surface area is 159 Å². The van der Waals surface area contributed by atoms with Gasteiger partial charge in [0, 0.05) is 24.0 Å². The first-order valence-corrected chi connectivity index (χ1v) is 8.93. The molecule has 0 saturated heterocycles. The van der Waals surface area contributed by atoms with Crippen LogP contribution in [0.5, 0.6) is 17.2 Å². The molecule has 5 heteroatoms. The first kappa shape index (κ1) is 18.5. The third-order valence-electron chi connectivity index (χ3n) is 3.84. The molecule has 27 heavy (non-hydrogen) atoms. The van der Waals surface area contributed by atoms with Gasteiger partial charge in [-0.15, -0.1) is 0 Å². The summed E-state index contributed by atoms with van der Waals surface area (Å²) in [6.45, 7) is 2.58. The Morgan fingerprint density at radius 3 is 2.22 bits per heavy atom. The topological polar surface area (TPSA) is 60.5 Å². The summed E-state index contributed by atoms with van der Waals surface area (Å²) in [5.41, 5.74) is 1.65. The van der Waals surface area contributed by atoms with Crippen molar-refractivity contribution in [2.45, 2.75) is 19.8 Å². The highest BCUT2D eigenvalue weighted by molar-refractivity contribution is 5.90. The normalized spacial score (nSPS) is 10.3. The number of hydrogen-bond acceptors (Lipinski definition) is 4. The minimum absolute atomic E-state index is 0.0409. The van der Waals surface area contributed by atoms with Gasteiger partial charge in [-0.25, -0.2) is 0 Å². The summed E-state index contributed by atoms with van der Waals surface area (Å²) in [5.74, 6) is 2.20. The van der Waals surface area contributed by atoms with Crippen molar-refractivity contribution in [2.24, 2.45) is 0 Å². The number of carbonyl (C=O) groups is 1. The predicted molar refractivity (Wildman–Crippen MR) is 105 cm³/mol. The van der Waals surface area contributed by atoms with E-state index in [1.165, 1.54) is 0 Å². The molecule has 0 atom stereocenters. The van der Waals surface area contributed by atoms with Crippen LogP contribution in [0.4, 0.5) is 5.69 Å². The Morgan fingerprint density at radius 2 is 1.59 bits per heavy atom. The van der Waals surface area contributed by atoms with Crippen molar-refractivity contribution in [2.75, 3.05) is 11.9 Å². The molecule has 1 aromatic heterocycles. The van der Waals surface area contributed by atoms with Crippen LogP contribution in [0.1, 0.15) is 19.0 Å². The van der Waals surface area contributed by atoms with Gasteiger partial charge in [0.2, 0.25) is 5.91 Å². The summed E-state index contributed by atoms with van der Waals surface area (Å²) in [5, 5.41) is 2.89. The molecule has 0 aliphatic rings. The van der Waals surface area contributed by atoms with Gasteiger partial charge in [-0.1, -0.05) is 6.07 Å². The maximum absolute atomic E-state index is 12.1. The summed E-state index contributed by atoms with van der Waals surface area (Å²) < 4.78 is 11.2. The average Bonchev–Trinajstić information content (AvgIpc) is 2.70. The van der Waals surface area contributed by atoms with Gasteiger partial charge in [0.05, 0.1) is 6.61 Å². The quantitative estimate of drug-likeness (QED) is 0.623. The molecule has 0 aliphatic heterocycles. The minimum atomic E-state index is -0.0409. The Kier molecular flexibility index (Phi) is 6.41. The Morgan fingerprint density at radius 1 is 0.926 bits per heavy atom. The summed E-state index contributed by atoms with van der Waals surface area (Å²) >= 11 is 0. The molecule has 1 amide bonds. The van der Waals surface area contributed by atoms with Crippen molar-refractivity contribution in [3.8, 4) is 17.2 Å². The third kappa shape index (κ3) is 5.85. The Balaban J connectivity index is 1.50. The van der Waals surface area contributed by atoms with Gasteiger partial charge in [-0.05, 0) is 74.0 Å². The van der Waals surface area contributed by atoms with Crippen LogP contribution in [0, 0.1) is 0 Å². The molecule has 3 rings (SSSR count). The summed E-state index contributed by atoms with van der Waals surface area (Å²) in [7, 11) is 0. The number of hydrogen-bond donors (Lipinski definition) is 1. The Bertz CT molecular complexity index is 847. The standard InChI is InChI=1S/C22H22N2O3/c1-2-26-19-11-13-21(14-12-19)27-20-9-6-18(7-10-20)24-22(25)15-8-17-5-3-4-16-23-17/h3-7,9-14,16H,2,8,15H2,1H3,(H,24,25). The van der Waals surface area contributed by atoms with Gasteiger partial charge in [0.1, 0.15) is 17.2 Å². The highest BCUT2D eigenvalue weighted by atomic mass is 16.5. The largest absolute Gasteiger partial charge is 0.494 e. The second kappa shape index (κ2) is 9.38. The van der Waals surface area contributed by atoms with E-state index < -0.39 is 0 Å². The zero-order valence-corrected chi connectivity index (χ0v) is 15.2. The average molecular weight is 362 g/mol. The van der Waals surface area contributed by atoms with E-state index in [1.54, 1.807) is 6.20 Å². The van der Waals surface area contributed by atoms with E-state index in [1.807, 2.05) is 73.7 Å². The molecule has 3 aromatic rings. The van der Waals surface area contributed by atoms with Gasteiger partial charge in [0.25, 0.3) is 0 Å². The first-order valence-electron chi connectivity index (χ1n) is 8.93. The van der Waals surface area contributed by atoms with E-state index in [0.29, 0.717) is 25.2 Å². The number of nitrogens with one attached hydrogen (secondary N) is 1. The number of ether oxygens (including phenoxy) is 2. The van der Waals surface area contributed by atoms with Crippen LogP contribution >= 0.6 is 0 Å². The fourth-order valence-corrected chi connectivity index (χ4v) is 2.52. The Hall–Kier alpha value is -3.34. The number of benzene rings is 2. The second-order valence-electron chi connectivity index (χ2n) is 5.90. The maximum Gasteiger partial charge on any atom is 0.224 e. The number of rotatable bonds is 8. The van der Waals surface area contributed by atoms with Gasteiger partial charge in [0.15, 0.2) is 0 Å². The van der Waals surface area contributed by atoms with Crippen molar-refractivity contribution in [1.29, 1.82) is 0 Å². The zero-order chi connectivity index (χ0) is 18.9. The maximum atomic E-state index is 12.1. The smallest absolute Gasteiger partial charge is 0.224 e. The second-order valence-corrected chi connectivity index (χ2v) is 5.90. The van der Waals surface area contributed by atoms with Crippen molar-refractivity contribution in [3.05, 3.63) is 78.6 Å². The van der Waals surface area contributed by atoms with Crippen LogP contribution in [0.2, 0.25) is 0 Å². The molecule has 138 valence electrons. The minimum Gasteiger partial charge on any atom is -0.494 e. The van der Waals surface area contributed by atoms with Crippen LogP contribution in [0.25, 0.3) is 0 Å². The molecule has 0 bridgehead atoms. The van der Waals surface area contributed by atoms with Gasteiger partial charge in [-0.3, -0.25) is 9.78 Å². The fraction of sp³-hybridized carbons (Fsp3) is 0.182. The lowest BCUT2D eigenvalue weighted by Gasteiger charge is -2.09. The number of nitrogens with zero attached hydrogens (tertiary/aromatic N) is 1. The number of pyridine rings is 1. The van der Waals surface area contributed by atoms with E-state index in [9.17, 15) is 4.79 Å². The first-order chi connectivity index (χ1) is 13.2. The van der Waals surface area contributed by atoms with E-state index in [0.717, 1.165) is 22.9 Å². The van der Waals surface area contributed by atoms with Gasteiger partial charge in [-0.2, -0.15) is 0 Å². The number of amides is 1. The van der Waals surface area contributed by atoms with Crippen molar-refractivity contribution in [3.63, 3.8) is 0 Å². The molecule has 0 radical (unpaired) electrons. The van der Waals surface area contributed by atoms with E-state index >= 15 is 0 Å². The van der Waals surface area contributed by atoms with E-state index in [4.69, 9.17) is 9.47 Å². The molecular weight excluding hydrogens is 340 g/mol. The van der Waals surface area contributed by atoms with E-state index in [-0.39, 0.29) is 5.91 Å². The number of aryl methyl sites for hydroxylation is 1. The number of aromatic nitrogens is 1. The summed E-state index contributed by atoms with van der Waals surface area (Å²) in [4.78, 5) is 16.3. The molecule has 0 spiro atoms. The predicted octanol–water partition coefficient (Wildman–Crippen LogP) is 4.84. The monoisotopic (exact) mass is 362 g/mol. The van der Waals surface area contributed by atoms with Crippen LogP contribution in [0.15, 0.2) is 72.9 Å². The number of carbonyl (C=O) groups excluding carboxylic acids is 1. The lowest BCUT2D eigenvalue weighted by molar-refractivity contribution is -0.116. The summed E-state index contributed by atoms with van der Waals surface area (Å²) in [6, 6.07) is 20.4. The van der Waals surface area contributed by atoms with Crippen LogP contribution in [0.3, 0.4) is 0 Å². The van der Waals surface area contributed by atoms with E-state index in [2.05, 4.69) is 10.3 Å².